The fourth-order valence-electron chi connectivity index (χ4n) is 3.46. The molecule has 0 radical (unpaired) electrons. The van der Waals surface area contributed by atoms with Crippen molar-refractivity contribution in [1.29, 1.82) is 0 Å². The average molecular weight is 418 g/mol. The third kappa shape index (κ3) is 4.50. The number of halogens is 3. The summed E-state index contributed by atoms with van der Waals surface area (Å²) in [6.45, 7) is 2.09. The van der Waals surface area contributed by atoms with Gasteiger partial charge >= 0.3 is 12.1 Å². The first kappa shape index (κ1) is 19.8. The SMILES string of the molecule is O=C(O)C(F)(F)F.O=C1C[C@@H]2[C@H](CCN2Cc2cccs2)N1c1ccsc1. The molecule has 2 aromatic heterocycles. The molecule has 0 saturated carbocycles. The number of nitrogens with zero attached hydrogens (tertiary/aromatic N) is 2. The van der Waals surface area contributed by atoms with Crippen LogP contribution in [0.3, 0.4) is 0 Å². The van der Waals surface area contributed by atoms with Gasteiger partial charge in [0, 0.05) is 35.8 Å². The highest BCUT2D eigenvalue weighted by molar-refractivity contribution is 7.09. The Morgan fingerprint density at radius 3 is 2.56 bits per heavy atom. The molecule has 2 fully saturated rings. The molecule has 27 heavy (non-hydrogen) atoms. The molecule has 4 rings (SSSR count). The number of hydrogen-bond donors (Lipinski definition) is 1. The number of anilines is 1. The van der Waals surface area contributed by atoms with Crippen molar-refractivity contribution in [3.63, 3.8) is 0 Å². The van der Waals surface area contributed by atoms with Crippen molar-refractivity contribution in [3.05, 3.63) is 39.2 Å². The number of aliphatic carboxylic acids is 1. The van der Waals surface area contributed by atoms with Crippen LogP contribution in [0.2, 0.25) is 0 Å². The summed E-state index contributed by atoms with van der Waals surface area (Å²) in [4.78, 5) is 27.2. The zero-order chi connectivity index (χ0) is 19.6. The minimum absolute atomic E-state index is 0.286. The van der Waals surface area contributed by atoms with Gasteiger partial charge in [-0.2, -0.15) is 24.5 Å². The molecule has 4 heterocycles. The number of rotatable bonds is 3. The Morgan fingerprint density at radius 2 is 2.00 bits per heavy atom. The van der Waals surface area contributed by atoms with Crippen molar-refractivity contribution < 1.29 is 27.9 Å². The maximum atomic E-state index is 12.3. The van der Waals surface area contributed by atoms with E-state index >= 15 is 0 Å². The van der Waals surface area contributed by atoms with Crippen LogP contribution < -0.4 is 4.90 Å². The number of carboxylic acids is 1. The predicted octanol–water partition coefficient (Wildman–Crippen LogP) is 3.82. The minimum Gasteiger partial charge on any atom is -0.475 e. The van der Waals surface area contributed by atoms with Crippen LogP contribution in [0.5, 0.6) is 0 Å². The second kappa shape index (κ2) is 7.99. The average Bonchev–Trinajstić information content (AvgIpc) is 3.34. The van der Waals surface area contributed by atoms with Gasteiger partial charge in [0.2, 0.25) is 5.91 Å². The molecule has 1 amide bonds. The van der Waals surface area contributed by atoms with Crippen LogP contribution in [-0.2, 0) is 16.1 Å². The Hall–Kier alpha value is -1.91. The lowest BCUT2D eigenvalue weighted by molar-refractivity contribution is -0.192. The van der Waals surface area contributed by atoms with E-state index in [2.05, 4.69) is 33.9 Å². The summed E-state index contributed by atoms with van der Waals surface area (Å²) in [5, 5.41) is 13.4. The van der Waals surface area contributed by atoms with Crippen LogP contribution in [0.4, 0.5) is 18.9 Å². The van der Waals surface area contributed by atoms with Gasteiger partial charge in [0.25, 0.3) is 0 Å². The summed E-state index contributed by atoms with van der Waals surface area (Å²) in [5.41, 5.74) is 1.09. The van der Waals surface area contributed by atoms with Crippen LogP contribution in [-0.4, -0.2) is 46.7 Å². The summed E-state index contributed by atoms with van der Waals surface area (Å²) in [5.74, 6) is -2.47. The van der Waals surface area contributed by atoms with E-state index in [1.807, 2.05) is 10.3 Å². The number of alkyl halides is 3. The van der Waals surface area contributed by atoms with Crippen LogP contribution in [0, 0.1) is 0 Å². The summed E-state index contributed by atoms with van der Waals surface area (Å²) >= 11 is 3.47. The van der Waals surface area contributed by atoms with Gasteiger partial charge in [-0.05, 0) is 29.3 Å². The number of carbonyl (C=O) groups is 2. The Bertz CT molecular complexity index is 778. The van der Waals surface area contributed by atoms with E-state index in [-0.39, 0.29) is 5.91 Å². The molecular weight excluding hydrogens is 401 g/mol. The number of thiophene rings is 2. The highest BCUT2D eigenvalue weighted by atomic mass is 32.1. The number of carbonyl (C=O) groups excluding carboxylic acids is 1. The Kier molecular flexibility index (Phi) is 5.87. The van der Waals surface area contributed by atoms with Crippen molar-refractivity contribution >= 4 is 40.2 Å². The van der Waals surface area contributed by atoms with Gasteiger partial charge in [-0.15, -0.1) is 11.3 Å². The van der Waals surface area contributed by atoms with Crippen molar-refractivity contribution in [1.82, 2.24) is 4.90 Å². The van der Waals surface area contributed by atoms with Crippen molar-refractivity contribution in [2.45, 2.75) is 37.6 Å². The van der Waals surface area contributed by atoms with E-state index in [9.17, 15) is 18.0 Å². The zero-order valence-electron chi connectivity index (χ0n) is 14.1. The first-order valence-corrected chi connectivity index (χ1v) is 10.0. The third-order valence-electron chi connectivity index (χ3n) is 4.58. The van der Waals surface area contributed by atoms with E-state index in [4.69, 9.17) is 9.90 Å². The molecule has 0 unspecified atom stereocenters. The number of likely N-dealkylation sites (tertiary alicyclic amines) is 1. The molecule has 2 atom stereocenters. The molecule has 2 aromatic rings. The monoisotopic (exact) mass is 418 g/mol. The molecule has 2 aliphatic rings. The van der Waals surface area contributed by atoms with Crippen molar-refractivity contribution in [2.75, 3.05) is 11.4 Å². The molecule has 5 nitrogen and oxygen atoms in total. The fourth-order valence-corrected chi connectivity index (χ4v) is 4.81. The lowest BCUT2D eigenvalue weighted by Crippen LogP contribution is -2.36. The van der Waals surface area contributed by atoms with E-state index < -0.39 is 12.1 Å². The Balaban J connectivity index is 0.000000260. The van der Waals surface area contributed by atoms with E-state index in [1.165, 1.54) is 4.88 Å². The second-order valence-electron chi connectivity index (χ2n) is 6.23. The van der Waals surface area contributed by atoms with E-state index in [0.717, 1.165) is 25.2 Å². The normalized spacial score (nSPS) is 22.5. The molecule has 2 aliphatic heterocycles. The molecule has 0 aromatic carbocycles. The quantitative estimate of drug-likeness (QED) is 0.823. The molecule has 1 N–H and O–H groups in total. The summed E-state index contributed by atoms with van der Waals surface area (Å²) in [7, 11) is 0. The number of fused-ring (bicyclic) bond motifs is 1. The van der Waals surface area contributed by atoms with Gasteiger partial charge in [-0.1, -0.05) is 6.07 Å². The minimum atomic E-state index is -5.08. The molecule has 10 heteroatoms. The fraction of sp³-hybridized carbons (Fsp3) is 0.412. The van der Waals surface area contributed by atoms with Crippen LogP contribution in [0.25, 0.3) is 0 Å². The first-order chi connectivity index (χ1) is 12.8. The number of amides is 1. The topological polar surface area (TPSA) is 60.9 Å². The Morgan fingerprint density at radius 1 is 1.26 bits per heavy atom. The van der Waals surface area contributed by atoms with Crippen LogP contribution >= 0.6 is 22.7 Å². The summed E-state index contributed by atoms with van der Waals surface area (Å²) in [6.07, 6.45) is -3.32. The summed E-state index contributed by atoms with van der Waals surface area (Å²) in [6, 6.07) is 7.12. The number of carboxylic acid groups (broad SMARTS) is 1. The lowest BCUT2D eigenvalue weighted by Gasteiger charge is -2.24. The maximum Gasteiger partial charge on any atom is 0.490 e. The first-order valence-electron chi connectivity index (χ1n) is 8.18. The van der Waals surface area contributed by atoms with Gasteiger partial charge in [-0.25, -0.2) is 4.79 Å². The standard InChI is InChI=1S/C15H16N2OS2.C2HF3O2/c18-15-8-14-13(17(15)11-4-7-19-10-11)3-5-16(14)9-12-2-1-6-20-12;3-2(4,5)1(6)7/h1-2,4,6-7,10,13-14H,3,5,8-9H2;(H,6,7)/t13-,14+;/m0./s1. The van der Waals surface area contributed by atoms with Gasteiger partial charge in [-0.3, -0.25) is 9.69 Å². The lowest BCUT2D eigenvalue weighted by atomic mass is 10.1. The molecular formula is C17H17F3N2O3S2. The smallest absolute Gasteiger partial charge is 0.475 e. The van der Waals surface area contributed by atoms with Crippen LogP contribution in [0.1, 0.15) is 17.7 Å². The number of hydrogen-bond acceptors (Lipinski definition) is 5. The molecule has 146 valence electrons. The largest absolute Gasteiger partial charge is 0.490 e. The maximum absolute atomic E-state index is 12.3. The van der Waals surface area contributed by atoms with Gasteiger partial charge in [0.1, 0.15) is 0 Å². The van der Waals surface area contributed by atoms with Crippen molar-refractivity contribution in [3.8, 4) is 0 Å². The van der Waals surface area contributed by atoms with E-state index in [0.29, 0.717) is 18.5 Å². The third-order valence-corrected chi connectivity index (χ3v) is 6.11. The van der Waals surface area contributed by atoms with Crippen molar-refractivity contribution in [2.24, 2.45) is 0 Å². The molecule has 0 aliphatic carbocycles. The van der Waals surface area contributed by atoms with Crippen LogP contribution in [0.15, 0.2) is 34.3 Å². The van der Waals surface area contributed by atoms with E-state index in [1.54, 1.807) is 22.7 Å². The Labute approximate surface area is 161 Å². The zero-order valence-corrected chi connectivity index (χ0v) is 15.7. The molecule has 0 bridgehead atoms. The second-order valence-corrected chi connectivity index (χ2v) is 8.04. The molecule has 2 saturated heterocycles. The predicted molar refractivity (Wildman–Crippen MR) is 97.0 cm³/mol. The summed E-state index contributed by atoms with van der Waals surface area (Å²) < 4.78 is 31.7. The molecule has 0 spiro atoms. The highest BCUT2D eigenvalue weighted by Crippen LogP contribution is 2.37. The van der Waals surface area contributed by atoms with Gasteiger partial charge < -0.3 is 10.0 Å². The van der Waals surface area contributed by atoms with Gasteiger partial charge in [0.15, 0.2) is 0 Å². The highest BCUT2D eigenvalue weighted by Gasteiger charge is 2.47. The van der Waals surface area contributed by atoms with Gasteiger partial charge in [0.05, 0.1) is 11.7 Å².